The van der Waals surface area contributed by atoms with Crippen molar-refractivity contribution in [1.29, 1.82) is 0 Å². The first-order valence-corrected chi connectivity index (χ1v) is 9.65. The largest absolute Gasteiger partial charge is 0.485 e. The number of amides is 1. The molecule has 3 aromatic rings. The van der Waals surface area contributed by atoms with E-state index in [-0.39, 0.29) is 12.5 Å². The second-order valence-electron chi connectivity index (χ2n) is 5.83. The molecule has 1 N–H and O–H groups in total. The lowest BCUT2D eigenvalue weighted by Crippen LogP contribution is -2.40. The molecule has 0 radical (unpaired) electrons. The Kier molecular flexibility index (Phi) is 4.96. The van der Waals surface area contributed by atoms with Crippen molar-refractivity contribution in [3.05, 3.63) is 52.5 Å². The first kappa shape index (κ1) is 17.8. The molecule has 0 bridgehead atoms. The summed E-state index contributed by atoms with van der Waals surface area (Å²) in [5, 5.41) is 3.83. The van der Waals surface area contributed by atoms with E-state index in [4.69, 9.17) is 21.1 Å². The van der Waals surface area contributed by atoms with E-state index in [1.165, 1.54) is 11.3 Å². The maximum Gasteiger partial charge on any atom is 0.270 e. The van der Waals surface area contributed by atoms with Gasteiger partial charge in [0.05, 0.1) is 5.02 Å². The predicted octanol–water partition coefficient (Wildman–Crippen LogP) is 4.20. The summed E-state index contributed by atoms with van der Waals surface area (Å²) < 4.78 is 11.3. The molecule has 1 aliphatic rings. The van der Waals surface area contributed by atoms with Gasteiger partial charge in [-0.2, -0.15) is 0 Å². The van der Waals surface area contributed by atoms with Crippen LogP contribution < -0.4 is 14.8 Å². The number of hydrogen-bond donors (Lipinski definition) is 1. The standard InChI is InChI=1S/C19H16ClN3O3S/c1-2-15-17(16-11(20)6-5-9-21-16)22-19(27-15)23-18(24)14-10-25-12-7-3-4-8-13(12)26-14/h3-9,14H,2,10H2,1H3,(H,22,23,24). The van der Waals surface area contributed by atoms with Crippen molar-refractivity contribution in [2.75, 3.05) is 11.9 Å². The van der Waals surface area contributed by atoms with E-state index in [1.54, 1.807) is 30.5 Å². The van der Waals surface area contributed by atoms with E-state index in [0.717, 1.165) is 11.3 Å². The topological polar surface area (TPSA) is 73.3 Å². The normalized spacial score (nSPS) is 15.4. The van der Waals surface area contributed by atoms with Gasteiger partial charge in [-0.05, 0) is 30.7 Å². The molecule has 0 saturated carbocycles. The molecular formula is C19H16ClN3O3S. The molecule has 1 atom stereocenters. The highest BCUT2D eigenvalue weighted by molar-refractivity contribution is 7.16. The monoisotopic (exact) mass is 401 g/mol. The van der Waals surface area contributed by atoms with E-state index in [0.29, 0.717) is 33.0 Å². The number of aromatic nitrogens is 2. The van der Waals surface area contributed by atoms with Crippen molar-refractivity contribution < 1.29 is 14.3 Å². The van der Waals surface area contributed by atoms with Crippen LogP contribution in [0.4, 0.5) is 5.13 Å². The van der Waals surface area contributed by atoms with Crippen LogP contribution in [-0.2, 0) is 11.2 Å². The Hall–Kier alpha value is -2.64. The minimum atomic E-state index is -0.740. The molecule has 1 aliphatic heterocycles. The molecule has 8 heteroatoms. The van der Waals surface area contributed by atoms with Crippen molar-refractivity contribution in [2.24, 2.45) is 0 Å². The lowest BCUT2D eigenvalue weighted by Gasteiger charge is -2.25. The molecule has 1 amide bonds. The first-order chi connectivity index (χ1) is 13.2. The second-order valence-corrected chi connectivity index (χ2v) is 7.32. The molecule has 27 heavy (non-hydrogen) atoms. The first-order valence-electron chi connectivity index (χ1n) is 8.45. The third-order valence-electron chi connectivity index (χ3n) is 4.03. The van der Waals surface area contributed by atoms with Crippen LogP contribution in [0.5, 0.6) is 11.5 Å². The summed E-state index contributed by atoms with van der Waals surface area (Å²) in [6, 6.07) is 10.8. The average Bonchev–Trinajstić information content (AvgIpc) is 3.10. The highest BCUT2D eigenvalue weighted by atomic mass is 35.5. The number of carbonyl (C=O) groups is 1. The Morgan fingerprint density at radius 1 is 1.26 bits per heavy atom. The number of para-hydroxylation sites is 2. The van der Waals surface area contributed by atoms with Gasteiger partial charge in [0, 0.05) is 11.1 Å². The Labute approximate surface area is 165 Å². The average molecular weight is 402 g/mol. The summed E-state index contributed by atoms with van der Waals surface area (Å²) in [5.41, 5.74) is 1.30. The summed E-state index contributed by atoms with van der Waals surface area (Å²) in [5.74, 6) is 0.883. The zero-order chi connectivity index (χ0) is 18.8. The van der Waals surface area contributed by atoms with E-state index < -0.39 is 6.10 Å². The smallest absolute Gasteiger partial charge is 0.270 e. The van der Waals surface area contributed by atoms with Crippen LogP contribution in [0.2, 0.25) is 5.02 Å². The molecular weight excluding hydrogens is 386 g/mol. The number of fused-ring (bicyclic) bond motifs is 1. The molecule has 4 rings (SSSR count). The Morgan fingerprint density at radius 3 is 2.85 bits per heavy atom. The van der Waals surface area contributed by atoms with Gasteiger partial charge in [0.15, 0.2) is 16.6 Å². The number of anilines is 1. The van der Waals surface area contributed by atoms with Crippen LogP contribution in [0.25, 0.3) is 11.4 Å². The lowest BCUT2D eigenvalue weighted by molar-refractivity contribution is -0.125. The third kappa shape index (κ3) is 3.61. The Balaban J connectivity index is 1.53. The molecule has 0 spiro atoms. The van der Waals surface area contributed by atoms with Gasteiger partial charge in [0.25, 0.3) is 5.91 Å². The molecule has 6 nitrogen and oxygen atoms in total. The quantitative estimate of drug-likeness (QED) is 0.709. The van der Waals surface area contributed by atoms with Crippen molar-refractivity contribution >= 4 is 34.0 Å². The van der Waals surface area contributed by atoms with Crippen molar-refractivity contribution in [1.82, 2.24) is 9.97 Å². The Morgan fingerprint density at radius 2 is 2.07 bits per heavy atom. The number of nitrogens with zero attached hydrogens (tertiary/aromatic N) is 2. The van der Waals surface area contributed by atoms with Gasteiger partial charge in [-0.1, -0.05) is 30.7 Å². The van der Waals surface area contributed by atoms with Crippen LogP contribution in [0.15, 0.2) is 42.6 Å². The SMILES string of the molecule is CCc1sc(NC(=O)C2COc3ccccc3O2)nc1-c1ncccc1Cl. The number of rotatable bonds is 4. The van der Waals surface area contributed by atoms with Crippen molar-refractivity contribution in [3.8, 4) is 22.9 Å². The minimum absolute atomic E-state index is 0.147. The number of thiazole rings is 1. The molecule has 0 aliphatic carbocycles. The number of halogens is 1. The zero-order valence-electron chi connectivity index (χ0n) is 14.4. The van der Waals surface area contributed by atoms with Crippen molar-refractivity contribution in [2.45, 2.75) is 19.4 Å². The lowest BCUT2D eigenvalue weighted by atomic mass is 10.2. The number of benzene rings is 1. The molecule has 2 aromatic heterocycles. The fourth-order valence-electron chi connectivity index (χ4n) is 2.72. The highest BCUT2D eigenvalue weighted by Gasteiger charge is 2.28. The summed E-state index contributed by atoms with van der Waals surface area (Å²) in [4.78, 5) is 22.4. The van der Waals surface area contributed by atoms with E-state index >= 15 is 0 Å². The maximum atomic E-state index is 12.6. The van der Waals surface area contributed by atoms with E-state index in [9.17, 15) is 4.79 Å². The number of hydrogen-bond acceptors (Lipinski definition) is 6. The number of nitrogens with one attached hydrogen (secondary N) is 1. The fourth-order valence-corrected chi connectivity index (χ4v) is 3.84. The van der Waals surface area contributed by atoms with E-state index in [2.05, 4.69) is 15.3 Å². The van der Waals surface area contributed by atoms with Gasteiger partial charge in [-0.15, -0.1) is 11.3 Å². The number of pyridine rings is 1. The van der Waals surface area contributed by atoms with E-state index in [1.807, 2.05) is 19.1 Å². The number of aryl methyl sites for hydroxylation is 1. The van der Waals surface area contributed by atoms with Gasteiger partial charge >= 0.3 is 0 Å². The predicted molar refractivity (Wildman–Crippen MR) is 105 cm³/mol. The molecule has 138 valence electrons. The van der Waals surface area contributed by atoms with Crippen molar-refractivity contribution in [3.63, 3.8) is 0 Å². The van der Waals surface area contributed by atoms with Gasteiger partial charge in [0.1, 0.15) is 18.0 Å². The maximum absolute atomic E-state index is 12.6. The van der Waals surface area contributed by atoms with Crippen LogP contribution in [0.1, 0.15) is 11.8 Å². The zero-order valence-corrected chi connectivity index (χ0v) is 16.0. The van der Waals surface area contributed by atoms with Gasteiger partial charge in [-0.25, -0.2) is 4.98 Å². The molecule has 1 aromatic carbocycles. The Bertz CT molecular complexity index is 992. The summed E-state index contributed by atoms with van der Waals surface area (Å²) in [6.07, 6.45) is 1.69. The van der Waals surface area contributed by atoms with Crippen LogP contribution >= 0.6 is 22.9 Å². The van der Waals surface area contributed by atoms with Gasteiger partial charge < -0.3 is 9.47 Å². The minimum Gasteiger partial charge on any atom is -0.485 e. The molecule has 0 saturated heterocycles. The summed E-state index contributed by atoms with van der Waals surface area (Å²) in [6.45, 7) is 2.17. The molecule has 1 unspecified atom stereocenters. The second kappa shape index (κ2) is 7.54. The molecule has 0 fully saturated rings. The van der Waals surface area contributed by atoms with Gasteiger partial charge in [-0.3, -0.25) is 15.1 Å². The number of carbonyl (C=O) groups excluding carboxylic acids is 1. The number of ether oxygens (including phenoxy) is 2. The van der Waals surface area contributed by atoms with Gasteiger partial charge in [0.2, 0.25) is 6.10 Å². The van der Waals surface area contributed by atoms with Crippen LogP contribution in [-0.4, -0.2) is 28.6 Å². The fraction of sp³-hybridized carbons (Fsp3) is 0.211. The van der Waals surface area contributed by atoms with Crippen LogP contribution in [0.3, 0.4) is 0 Å². The van der Waals surface area contributed by atoms with Crippen LogP contribution in [0, 0.1) is 0 Å². The highest BCUT2D eigenvalue weighted by Crippen LogP contribution is 2.35. The summed E-state index contributed by atoms with van der Waals surface area (Å²) >= 11 is 7.65. The molecule has 3 heterocycles. The third-order valence-corrected chi connectivity index (χ3v) is 5.45. The summed E-state index contributed by atoms with van der Waals surface area (Å²) in [7, 11) is 0.